The zero-order valence-electron chi connectivity index (χ0n) is 22.7. The summed E-state index contributed by atoms with van der Waals surface area (Å²) in [5.41, 5.74) is -0.208. The van der Waals surface area contributed by atoms with Gasteiger partial charge in [-0.05, 0) is 36.0 Å². The number of imide groups is 1. The Labute approximate surface area is 223 Å². The van der Waals surface area contributed by atoms with Crippen LogP contribution in [0.2, 0.25) is 18.1 Å². The molecule has 1 fully saturated rings. The third kappa shape index (κ3) is 6.10. The standard InChI is InChI=1S/C26H37NO8SSi/c1-9-36-25-20(27-23(30)17-12-10-11-13-18(17)24(27)31)22(34-16(3)29)21(33-15(2)28)19(35-25)14-32-37(7,8)26(4,5)6/h10-13,19-22,25H,9,14H2,1-8H3/t19?,20?,21-,22?,25+/m1/s1. The fourth-order valence-electron chi connectivity index (χ4n) is 4.24. The Balaban J connectivity index is 2.05. The van der Waals surface area contributed by atoms with Gasteiger partial charge in [0.05, 0.1) is 17.7 Å². The monoisotopic (exact) mass is 551 g/mol. The van der Waals surface area contributed by atoms with Gasteiger partial charge < -0.3 is 18.6 Å². The molecule has 3 rings (SSSR count). The van der Waals surface area contributed by atoms with Crippen LogP contribution in [0, 0.1) is 0 Å². The van der Waals surface area contributed by atoms with Gasteiger partial charge in [-0.2, -0.15) is 0 Å². The number of carbonyl (C=O) groups excluding carboxylic acids is 4. The second-order valence-electron chi connectivity index (χ2n) is 10.7. The summed E-state index contributed by atoms with van der Waals surface area (Å²) < 4.78 is 24.2. The van der Waals surface area contributed by atoms with Gasteiger partial charge in [0.1, 0.15) is 17.6 Å². The molecule has 0 spiro atoms. The van der Waals surface area contributed by atoms with Gasteiger partial charge in [-0.25, -0.2) is 0 Å². The van der Waals surface area contributed by atoms with E-state index in [4.69, 9.17) is 18.6 Å². The van der Waals surface area contributed by atoms with Gasteiger partial charge in [0.25, 0.3) is 11.8 Å². The Morgan fingerprint density at radius 3 is 1.97 bits per heavy atom. The molecular formula is C26H37NO8SSi. The van der Waals surface area contributed by atoms with Crippen molar-refractivity contribution < 1.29 is 37.8 Å². The summed E-state index contributed by atoms with van der Waals surface area (Å²) >= 11 is 1.38. The van der Waals surface area contributed by atoms with Crippen molar-refractivity contribution in [3.63, 3.8) is 0 Å². The maximum atomic E-state index is 13.4. The number of hydrogen-bond acceptors (Lipinski definition) is 9. The fourth-order valence-corrected chi connectivity index (χ4v) is 6.28. The molecule has 2 amide bonds. The normalized spacial score (nSPS) is 26.2. The summed E-state index contributed by atoms with van der Waals surface area (Å²) in [5, 5.41) is -0.0752. The third-order valence-corrected chi connectivity index (χ3v) is 12.6. The molecule has 9 nitrogen and oxygen atoms in total. The fraction of sp³-hybridized carbons (Fsp3) is 0.615. The molecule has 0 saturated carbocycles. The molecule has 0 bridgehead atoms. The number of thioether (sulfide) groups is 1. The molecule has 11 heteroatoms. The number of nitrogens with zero attached hydrogens (tertiary/aromatic N) is 1. The molecule has 1 aromatic rings. The zero-order valence-corrected chi connectivity index (χ0v) is 24.5. The summed E-state index contributed by atoms with van der Waals surface area (Å²) in [6.45, 7) is 15.0. The summed E-state index contributed by atoms with van der Waals surface area (Å²) in [6.07, 6.45) is -3.01. The van der Waals surface area contributed by atoms with Crippen LogP contribution < -0.4 is 0 Å². The van der Waals surface area contributed by atoms with Crippen molar-refractivity contribution in [2.24, 2.45) is 0 Å². The van der Waals surface area contributed by atoms with E-state index in [0.29, 0.717) is 5.75 Å². The van der Waals surface area contributed by atoms with E-state index in [-0.39, 0.29) is 22.8 Å². The first kappa shape index (κ1) is 29.3. The van der Waals surface area contributed by atoms with Crippen molar-refractivity contribution in [3.05, 3.63) is 35.4 Å². The molecule has 37 heavy (non-hydrogen) atoms. The third-order valence-electron chi connectivity index (χ3n) is 7.09. The van der Waals surface area contributed by atoms with Crippen LogP contribution in [-0.2, 0) is 28.2 Å². The molecule has 0 N–H and O–H groups in total. The van der Waals surface area contributed by atoms with Crippen LogP contribution in [-0.4, -0.2) is 79.1 Å². The molecule has 1 saturated heterocycles. The zero-order chi connectivity index (χ0) is 27.7. The number of ether oxygens (including phenoxy) is 3. The predicted molar refractivity (Wildman–Crippen MR) is 142 cm³/mol. The molecule has 0 aliphatic carbocycles. The largest absolute Gasteiger partial charge is 0.456 e. The van der Waals surface area contributed by atoms with Gasteiger partial charge >= 0.3 is 11.9 Å². The van der Waals surface area contributed by atoms with Crippen LogP contribution in [0.3, 0.4) is 0 Å². The van der Waals surface area contributed by atoms with Gasteiger partial charge in [0, 0.05) is 13.8 Å². The minimum atomic E-state index is -2.21. The minimum Gasteiger partial charge on any atom is -0.456 e. The van der Waals surface area contributed by atoms with Crippen LogP contribution in [0.4, 0.5) is 0 Å². The SMILES string of the molecule is CCS[C@@H]1OC(CO[Si](C)(C)C(C)(C)C)[C@@H](OC(C)=O)C(OC(C)=O)C1N1C(=O)c2ccccc2C1=O. The minimum absolute atomic E-state index is 0.0752. The van der Waals surface area contributed by atoms with E-state index in [2.05, 4.69) is 33.9 Å². The van der Waals surface area contributed by atoms with Gasteiger partial charge in [-0.3, -0.25) is 24.1 Å². The number of esters is 2. The highest BCUT2D eigenvalue weighted by Gasteiger charge is 2.56. The van der Waals surface area contributed by atoms with Crippen LogP contribution in [0.25, 0.3) is 0 Å². The van der Waals surface area contributed by atoms with E-state index < -0.39 is 61.9 Å². The summed E-state index contributed by atoms with van der Waals surface area (Å²) in [7, 11) is -2.21. The first-order valence-electron chi connectivity index (χ1n) is 12.4. The lowest BCUT2D eigenvalue weighted by atomic mass is 9.96. The highest BCUT2D eigenvalue weighted by Crippen LogP contribution is 2.40. The highest BCUT2D eigenvalue weighted by atomic mass is 32.2. The lowest BCUT2D eigenvalue weighted by Crippen LogP contribution is -2.66. The van der Waals surface area contributed by atoms with Crippen molar-refractivity contribution in [2.45, 2.75) is 89.5 Å². The second kappa shape index (κ2) is 11.3. The van der Waals surface area contributed by atoms with E-state index in [1.54, 1.807) is 24.3 Å². The first-order valence-corrected chi connectivity index (χ1v) is 16.4. The van der Waals surface area contributed by atoms with Gasteiger partial charge in [-0.15, -0.1) is 11.8 Å². The quantitative estimate of drug-likeness (QED) is 0.269. The first-order chi connectivity index (χ1) is 17.2. The summed E-state index contributed by atoms with van der Waals surface area (Å²) in [4.78, 5) is 52.4. The maximum absolute atomic E-state index is 13.4. The van der Waals surface area contributed by atoms with Gasteiger partial charge in [0.2, 0.25) is 0 Å². The number of benzene rings is 1. The van der Waals surface area contributed by atoms with Crippen LogP contribution >= 0.6 is 11.8 Å². The maximum Gasteiger partial charge on any atom is 0.303 e. The highest BCUT2D eigenvalue weighted by molar-refractivity contribution is 7.99. The number of fused-ring (bicyclic) bond motifs is 1. The second-order valence-corrected chi connectivity index (χ2v) is 16.9. The lowest BCUT2D eigenvalue weighted by molar-refractivity contribution is -0.213. The van der Waals surface area contributed by atoms with E-state index in [1.165, 1.54) is 25.6 Å². The van der Waals surface area contributed by atoms with Crippen molar-refractivity contribution in [1.82, 2.24) is 4.90 Å². The molecule has 2 heterocycles. The summed E-state index contributed by atoms with van der Waals surface area (Å²) in [6, 6.07) is 5.52. The molecule has 5 atom stereocenters. The smallest absolute Gasteiger partial charge is 0.303 e. The predicted octanol–water partition coefficient (Wildman–Crippen LogP) is 4.01. The Morgan fingerprint density at radius 2 is 1.51 bits per heavy atom. The van der Waals surface area contributed by atoms with Crippen LogP contribution in [0.5, 0.6) is 0 Å². The molecule has 2 aliphatic heterocycles. The van der Waals surface area contributed by atoms with E-state index in [0.717, 1.165) is 4.90 Å². The van der Waals surface area contributed by atoms with Crippen molar-refractivity contribution in [3.8, 4) is 0 Å². The summed E-state index contributed by atoms with van der Waals surface area (Å²) in [5.74, 6) is -1.65. The average molecular weight is 552 g/mol. The van der Waals surface area contributed by atoms with Crippen molar-refractivity contribution in [1.29, 1.82) is 0 Å². The van der Waals surface area contributed by atoms with Crippen molar-refractivity contribution >= 4 is 43.8 Å². The van der Waals surface area contributed by atoms with E-state index in [9.17, 15) is 19.2 Å². The molecule has 204 valence electrons. The Bertz CT molecular complexity index is 1020. The Hall–Kier alpha value is -2.21. The molecule has 1 aromatic carbocycles. The number of hydrogen-bond donors (Lipinski definition) is 0. The molecule has 0 radical (unpaired) electrons. The van der Waals surface area contributed by atoms with Crippen LogP contribution in [0.15, 0.2) is 24.3 Å². The topological polar surface area (TPSA) is 108 Å². The molecular weight excluding hydrogens is 514 g/mol. The number of amides is 2. The van der Waals surface area contributed by atoms with Crippen molar-refractivity contribution in [2.75, 3.05) is 12.4 Å². The van der Waals surface area contributed by atoms with Crippen LogP contribution in [0.1, 0.15) is 62.3 Å². The lowest BCUT2D eigenvalue weighted by Gasteiger charge is -2.48. The van der Waals surface area contributed by atoms with E-state index >= 15 is 0 Å². The van der Waals surface area contributed by atoms with Gasteiger partial charge in [-0.1, -0.05) is 39.8 Å². The van der Waals surface area contributed by atoms with E-state index in [1.807, 2.05) is 6.92 Å². The Morgan fingerprint density at radius 1 is 1.00 bits per heavy atom. The van der Waals surface area contributed by atoms with Gasteiger partial charge in [0.15, 0.2) is 20.5 Å². The molecule has 3 unspecified atom stereocenters. The number of carbonyl (C=O) groups is 4. The average Bonchev–Trinajstić information content (AvgIpc) is 3.03. The molecule has 2 aliphatic rings. The number of rotatable bonds is 8. The Kier molecular flexibility index (Phi) is 8.93. The molecule has 0 aromatic heterocycles.